The molecule has 0 radical (unpaired) electrons. The lowest BCUT2D eigenvalue weighted by Gasteiger charge is -2.08. The minimum absolute atomic E-state index is 0.0747. The van der Waals surface area contributed by atoms with Crippen LogP contribution in [0, 0.1) is 0 Å². The minimum atomic E-state index is -0.0747. The Bertz CT molecular complexity index is 249. The van der Waals surface area contributed by atoms with Crippen LogP contribution in [0.4, 0.5) is 0 Å². The molecule has 2 N–H and O–H groups in total. The predicted octanol–water partition coefficient (Wildman–Crippen LogP) is 0.547. The summed E-state index contributed by atoms with van der Waals surface area (Å²) in [7, 11) is 1.61. The van der Waals surface area contributed by atoms with Crippen LogP contribution >= 0.6 is 0 Å². The standard InChI is InChI=1S/C8H14N2O3/c1-6(4-11-2)13-8-10-7(3-9)5-12-8/h5-6H,3-4,9H2,1-2H3. The van der Waals surface area contributed by atoms with E-state index in [0.717, 1.165) is 0 Å². The third-order valence-electron chi connectivity index (χ3n) is 1.44. The summed E-state index contributed by atoms with van der Waals surface area (Å²) < 4.78 is 15.2. The summed E-state index contributed by atoms with van der Waals surface area (Å²) in [4.78, 5) is 3.98. The monoisotopic (exact) mass is 186 g/mol. The van der Waals surface area contributed by atoms with Crippen LogP contribution in [-0.2, 0) is 11.3 Å². The van der Waals surface area contributed by atoms with E-state index in [1.54, 1.807) is 7.11 Å². The molecule has 74 valence electrons. The molecule has 0 fully saturated rings. The lowest BCUT2D eigenvalue weighted by molar-refractivity contribution is 0.0705. The average molecular weight is 186 g/mol. The Morgan fingerprint density at radius 1 is 1.69 bits per heavy atom. The Balaban J connectivity index is 2.44. The summed E-state index contributed by atoms with van der Waals surface area (Å²) >= 11 is 0. The van der Waals surface area contributed by atoms with Crippen molar-refractivity contribution in [2.24, 2.45) is 5.73 Å². The van der Waals surface area contributed by atoms with Crippen LogP contribution in [0.25, 0.3) is 0 Å². The molecule has 0 saturated carbocycles. The van der Waals surface area contributed by atoms with Crippen LogP contribution in [-0.4, -0.2) is 24.8 Å². The normalized spacial score (nSPS) is 12.8. The average Bonchev–Trinajstić information content (AvgIpc) is 2.52. The summed E-state index contributed by atoms with van der Waals surface area (Å²) in [6.07, 6.45) is 1.65. The fourth-order valence-electron chi connectivity index (χ4n) is 0.877. The van der Waals surface area contributed by atoms with Gasteiger partial charge in [-0.1, -0.05) is 0 Å². The van der Waals surface area contributed by atoms with E-state index in [4.69, 9.17) is 19.6 Å². The molecule has 1 atom stereocenters. The van der Waals surface area contributed by atoms with E-state index < -0.39 is 0 Å². The van der Waals surface area contributed by atoms with E-state index in [2.05, 4.69) is 4.98 Å². The van der Waals surface area contributed by atoms with Gasteiger partial charge in [0.05, 0.1) is 12.3 Å². The van der Waals surface area contributed by atoms with Gasteiger partial charge in [0.15, 0.2) is 0 Å². The fourth-order valence-corrected chi connectivity index (χ4v) is 0.877. The van der Waals surface area contributed by atoms with Crippen molar-refractivity contribution in [3.63, 3.8) is 0 Å². The number of aromatic nitrogens is 1. The number of nitrogens with two attached hydrogens (primary N) is 1. The summed E-state index contributed by atoms with van der Waals surface area (Å²) in [5, 5.41) is 0. The van der Waals surface area contributed by atoms with Gasteiger partial charge in [0.1, 0.15) is 12.4 Å². The van der Waals surface area contributed by atoms with Crippen molar-refractivity contribution in [3.05, 3.63) is 12.0 Å². The number of hydrogen-bond donors (Lipinski definition) is 1. The molecular weight excluding hydrogens is 172 g/mol. The first-order valence-electron chi connectivity index (χ1n) is 4.06. The summed E-state index contributed by atoms with van der Waals surface area (Å²) in [5.41, 5.74) is 6.03. The van der Waals surface area contributed by atoms with Crippen molar-refractivity contribution in [2.75, 3.05) is 13.7 Å². The molecular formula is C8H14N2O3. The van der Waals surface area contributed by atoms with Crippen LogP contribution in [0.1, 0.15) is 12.6 Å². The van der Waals surface area contributed by atoms with Gasteiger partial charge in [-0.2, -0.15) is 4.98 Å². The van der Waals surface area contributed by atoms with Gasteiger partial charge in [-0.3, -0.25) is 0 Å². The Labute approximate surface area is 76.8 Å². The van der Waals surface area contributed by atoms with Crippen LogP contribution in [0.3, 0.4) is 0 Å². The van der Waals surface area contributed by atoms with Gasteiger partial charge >= 0.3 is 6.08 Å². The molecule has 0 aliphatic heterocycles. The van der Waals surface area contributed by atoms with Crippen molar-refractivity contribution in [1.82, 2.24) is 4.98 Å². The predicted molar refractivity (Wildman–Crippen MR) is 46.4 cm³/mol. The van der Waals surface area contributed by atoms with E-state index in [1.165, 1.54) is 6.26 Å². The van der Waals surface area contributed by atoms with Gasteiger partial charge in [-0.15, -0.1) is 0 Å². The van der Waals surface area contributed by atoms with E-state index in [9.17, 15) is 0 Å². The number of rotatable bonds is 5. The Morgan fingerprint density at radius 3 is 3.00 bits per heavy atom. The Morgan fingerprint density at radius 2 is 2.46 bits per heavy atom. The van der Waals surface area contributed by atoms with E-state index in [-0.39, 0.29) is 12.2 Å². The third-order valence-corrected chi connectivity index (χ3v) is 1.44. The molecule has 0 saturated heterocycles. The zero-order valence-electron chi connectivity index (χ0n) is 7.82. The summed E-state index contributed by atoms with van der Waals surface area (Å²) in [5.74, 6) is 0. The highest BCUT2D eigenvalue weighted by Gasteiger charge is 2.08. The molecule has 0 aliphatic carbocycles. The topological polar surface area (TPSA) is 70.5 Å². The van der Waals surface area contributed by atoms with Crippen LogP contribution in [0.5, 0.6) is 6.08 Å². The molecule has 1 heterocycles. The zero-order valence-corrected chi connectivity index (χ0v) is 7.82. The fraction of sp³-hybridized carbons (Fsp3) is 0.625. The number of ether oxygens (including phenoxy) is 2. The second-order valence-electron chi connectivity index (χ2n) is 2.69. The van der Waals surface area contributed by atoms with Gasteiger partial charge in [0, 0.05) is 13.7 Å². The molecule has 5 heteroatoms. The second kappa shape index (κ2) is 4.84. The van der Waals surface area contributed by atoms with Crippen molar-refractivity contribution >= 4 is 0 Å². The maximum Gasteiger partial charge on any atom is 0.394 e. The quantitative estimate of drug-likeness (QED) is 0.727. The molecule has 1 rings (SSSR count). The van der Waals surface area contributed by atoms with Gasteiger partial charge in [0.2, 0.25) is 0 Å². The van der Waals surface area contributed by atoms with Crippen molar-refractivity contribution in [3.8, 4) is 6.08 Å². The maximum atomic E-state index is 5.35. The first kappa shape index (κ1) is 10.0. The second-order valence-corrected chi connectivity index (χ2v) is 2.69. The molecule has 5 nitrogen and oxygen atoms in total. The van der Waals surface area contributed by atoms with Crippen LogP contribution in [0.15, 0.2) is 10.7 Å². The van der Waals surface area contributed by atoms with E-state index in [1.807, 2.05) is 6.92 Å². The highest BCUT2D eigenvalue weighted by Crippen LogP contribution is 2.11. The maximum absolute atomic E-state index is 5.35. The minimum Gasteiger partial charge on any atom is -0.445 e. The number of nitrogens with zero attached hydrogens (tertiary/aromatic N) is 1. The third kappa shape index (κ3) is 3.04. The van der Waals surface area contributed by atoms with Gasteiger partial charge in [-0.05, 0) is 6.92 Å². The van der Waals surface area contributed by atoms with Crippen LogP contribution in [0.2, 0.25) is 0 Å². The largest absolute Gasteiger partial charge is 0.445 e. The molecule has 0 aliphatic rings. The first-order chi connectivity index (χ1) is 6.26. The van der Waals surface area contributed by atoms with E-state index >= 15 is 0 Å². The van der Waals surface area contributed by atoms with Crippen molar-refractivity contribution in [1.29, 1.82) is 0 Å². The Hall–Kier alpha value is -1.07. The molecule has 0 aromatic carbocycles. The highest BCUT2D eigenvalue weighted by molar-refractivity contribution is 4.99. The van der Waals surface area contributed by atoms with Gasteiger partial charge in [0.25, 0.3) is 0 Å². The molecule has 0 amide bonds. The number of oxazole rings is 1. The van der Waals surface area contributed by atoms with Gasteiger partial charge < -0.3 is 19.6 Å². The summed E-state index contributed by atoms with van der Waals surface area (Å²) in [6.45, 7) is 2.72. The smallest absolute Gasteiger partial charge is 0.394 e. The highest BCUT2D eigenvalue weighted by atomic mass is 16.6. The van der Waals surface area contributed by atoms with E-state index in [0.29, 0.717) is 18.8 Å². The SMILES string of the molecule is COCC(C)Oc1nc(CN)co1. The van der Waals surface area contributed by atoms with Crippen LogP contribution < -0.4 is 10.5 Å². The summed E-state index contributed by atoms with van der Waals surface area (Å²) in [6, 6.07) is 0. The number of hydrogen-bond acceptors (Lipinski definition) is 5. The van der Waals surface area contributed by atoms with Crippen molar-refractivity contribution in [2.45, 2.75) is 19.6 Å². The molecule has 1 aromatic rings. The molecule has 1 unspecified atom stereocenters. The first-order valence-corrected chi connectivity index (χ1v) is 4.06. The zero-order chi connectivity index (χ0) is 9.68. The molecule has 1 aromatic heterocycles. The van der Waals surface area contributed by atoms with Gasteiger partial charge in [-0.25, -0.2) is 0 Å². The lowest BCUT2D eigenvalue weighted by Crippen LogP contribution is -2.18. The number of methoxy groups -OCH3 is 1. The molecule has 0 bridgehead atoms. The molecule has 13 heavy (non-hydrogen) atoms. The molecule has 0 spiro atoms. The lowest BCUT2D eigenvalue weighted by atomic mass is 10.4. The van der Waals surface area contributed by atoms with Crippen molar-refractivity contribution < 1.29 is 13.9 Å². The Kier molecular flexibility index (Phi) is 3.72.